The average molecular weight is 375 g/mol. The monoisotopic (exact) mass is 374 g/mol. The predicted octanol–water partition coefficient (Wildman–Crippen LogP) is 3.87. The molecule has 0 bridgehead atoms. The number of hydrogen-bond acceptors (Lipinski definition) is 3. The molecule has 2 heterocycles. The fraction of sp³-hybridized carbons (Fsp3) is 0.316. The van der Waals surface area contributed by atoms with E-state index in [9.17, 15) is 9.18 Å². The molecule has 0 unspecified atom stereocenters. The van der Waals surface area contributed by atoms with Gasteiger partial charge in [0.2, 0.25) is 0 Å². The number of aryl methyl sites for hydroxylation is 2. The van der Waals surface area contributed by atoms with Crippen molar-refractivity contribution < 1.29 is 9.18 Å². The fourth-order valence-electron chi connectivity index (χ4n) is 2.94. The first-order valence-corrected chi connectivity index (χ1v) is 8.75. The molecular weight excluding hydrogens is 355 g/mol. The number of aromatic nitrogens is 3. The van der Waals surface area contributed by atoms with Gasteiger partial charge in [-0.15, -0.1) is 0 Å². The van der Waals surface area contributed by atoms with Crippen molar-refractivity contribution in [2.24, 2.45) is 0 Å². The van der Waals surface area contributed by atoms with Gasteiger partial charge in [0.25, 0.3) is 5.91 Å². The van der Waals surface area contributed by atoms with E-state index in [0.29, 0.717) is 33.9 Å². The van der Waals surface area contributed by atoms with Crippen LogP contribution in [0.25, 0.3) is 5.65 Å². The molecule has 3 aromatic rings. The van der Waals surface area contributed by atoms with Crippen LogP contribution in [0.4, 0.5) is 4.39 Å². The van der Waals surface area contributed by atoms with Crippen molar-refractivity contribution >= 4 is 23.2 Å². The van der Waals surface area contributed by atoms with Crippen LogP contribution >= 0.6 is 11.6 Å². The number of hydrogen-bond donors (Lipinski definition) is 1. The summed E-state index contributed by atoms with van der Waals surface area (Å²) in [5.41, 5.74) is 3.68. The van der Waals surface area contributed by atoms with Crippen LogP contribution in [0.1, 0.15) is 46.7 Å². The number of amides is 1. The Morgan fingerprint density at radius 2 is 2.04 bits per heavy atom. The molecule has 0 aliphatic rings. The van der Waals surface area contributed by atoms with Gasteiger partial charge in [-0.3, -0.25) is 4.79 Å². The van der Waals surface area contributed by atoms with Crippen LogP contribution in [-0.2, 0) is 6.42 Å². The zero-order valence-corrected chi connectivity index (χ0v) is 15.9. The number of carbonyl (C=O) groups excluding carboxylic acids is 1. The maximum absolute atomic E-state index is 14.2. The smallest absolute Gasteiger partial charge is 0.256 e. The third-order valence-corrected chi connectivity index (χ3v) is 4.64. The summed E-state index contributed by atoms with van der Waals surface area (Å²) in [7, 11) is 0. The minimum Gasteiger partial charge on any atom is -0.350 e. The maximum Gasteiger partial charge on any atom is 0.256 e. The molecule has 1 amide bonds. The van der Waals surface area contributed by atoms with Crippen molar-refractivity contribution in [1.29, 1.82) is 0 Å². The molecule has 5 nitrogen and oxygen atoms in total. The molecule has 3 rings (SSSR count). The molecule has 7 heteroatoms. The van der Waals surface area contributed by atoms with Gasteiger partial charge >= 0.3 is 0 Å². The van der Waals surface area contributed by atoms with Gasteiger partial charge in [-0.2, -0.15) is 5.10 Å². The Bertz CT molecular complexity index is 977. The molecule has 0 fully saturated rings. The van der Waals surface area contributed by atoms with Crippen molar-refractivity contribution in [3.8, 4) is 0 Å². The third-order valence-electron chi connectivity index (χ3n) is 4.29. The highest BCUT2D eigenvalue weighted by molar-refractivity contribution is 6.31. The van der Waals surface area contributed by atoms with Crippen LogP contribution in [0, 0.1) is 19.7 Å². The Morgan fingerprint density at radius 1 is 1.31 bits per heavy atom. The van der Waals surface area contributed by atoms with Gasteiger partial charge in [0, 0.05) is 34.4 Å². The Balaban J connectivity index is 2.08. The van der Waals surface area contributed by atoms with Crippen LogP contribution < -0.4 is 5.32 Å². The standard InChI is InChI=1S/C19H20ClFN4O/c1-10(2)23-19(26)15-9-22-25-12(4)13(11(3)24-18(15)25)8-14-16(20)6-5-7-17(14)21/h5-7,9-10H,8H2,1-4H3,(H,23,26). The van der Waals surface area contributed by atoms with E-state index in [1.54, 1.807) is 16.6 Å². The minimum atomic E-state index is -0.353. The van der Waals surface area contributed by atoms with Crippen LogP contribution in [0.2, 0.25) is 5.02 Å². The lowest BCUT2D eigenvalue weighted by atomic mass is 10.0. The highest BCUT2D eigenvalue weighted by Crippen LogP contribution is 2.26. The summed E-state index contributed by atoms with van der Waals surface area (Å²) in [5, 5.41) is 7.52. The Morgan fingerprint density at radius 3 is 2.69 bits per heavy atom. The van der Waals surface area contributed by atoms with E-state index >= 15 is 0 Å². The molecule has 0 aliphatic carbocycles. The Kier molecular flexibility index (Phi) is 4.96. The van der Waals surface area contributed by atoms with E-state index in [2.05, 4.69) is 15.4 Å². The quantitative estimate of drug-likeness (QED) is 0.754. The average Bonchev–Trinajstić information content (AvgIpc) is 2.97. The zero-order chi connectivity index (χ0) is 19.0. The highest BCUT2D eigenvalue weighted by Gasteiger charge is 2.20. The van der Waals surface area contributed by atoms with Gasteiger partial charge < -0.3 is 5.32 Å². The summed E-state index contributed by atoms with van der Waals surface area (Å²) in [5.74, 6) is -0.569. The number of nitrogens with zero attached hydrogens (tertiary/aromatic N) is 3. The molecule has 0 spiro atoms. The molecule has 0 aliphatic heterocycles. The summed E-state index contributed by atoms with van der Waals surface area (Å²) >= 11 is 6.16. The molecule has 2 aromatic heterocycles. The van der Waals surface area contributed by atoms with Crippen molar-refractivity contribution in [1.82, 2.24) is 19.9 Å². The Hall–Kier alpha value is -2.47. The molecular formula is C19H20ClFN4O. The zero-order valence-electron chi connectivity index (χ0n) is 15.1. The minimum absolute atomic E-state index is 0.0158. The predicted molar refractivity (Wildman–Crippen MR) is 99.3 cm³/mol. The second kappa shape index (κ2) is 7.03. The van der Waals surface area contributed by atoms with Gasteiger partial charge in [0.15, 0.2) is 5.65 Å². The molecule has 0 saturated carbocycles. The fourth-order valence-corrected chi connectivity index (χ4v) is 3.17. The van der Waals surface area contributed by atoms with Gasteiger partial charge in [-0.05, 0) is 45.4 Å². The normalized spacial score (nSPS) is 11.3. The van der Waals surface area contributed by atoms with Gasteiger partial charge in [0.1, 0.15) is 11.4 Å². The van der Waals surface area contributed by atoms with E-state index in [4.69, 9.17) is 11.6 Å². The van der Waals surface area contributed by atoms with E-state index in [1.807, 2.05) is 27.7 Å². The van der Waals surface area contributed by atoms with Gasteiger partial charge in [0.05, 0.1) is 6.20 Å². The van der Waals surface area contributed by atoms with Crippen LogP contribution in [-0.4, -0.2) is 26.5 Å². The number of rotatable bonds is 4. The van der Waals surface area contributed by atoms with Crippen molar-refractivity contribution in [3.05, 3.63) is 63.3 Å². The van der Waals surface area contributed by atoms with Crippen molar-refractivity contribution in [2.75, 3.05) is 0 Å². The summed E-state index contributed by atoms with van der Waals surface area (Å²) < 4.78 is 15.8. The first-order valence-electron chi connectivity index (χ1n) is 8.37. The lowest BCUT2D eigenvalue weighted by Gasteiger charge is -2.13. The SMILES string of the molecule is Cc1nc2c(C(=O)NC(C)C)cnn2c(C)c1Cc1c(F)cccc1Cl. The van der Waals surface area contributed by atoms with E-state index < -0.39 is 0 Å². The van der Waals surface area contributed by atoms with E-state index in [1.165, 1.54) is 12.3 Å². The molecule has 0 saturated heterocycles. The number of halogens is 2. The molecule has 0 radical (unpaired) electrons. The lowest BCUT2D eigenvalue weighted by Crippen LogP contribution is -2.30. The number of nitrogens with one attached hydrogen (secondary N) is 1. The topological polar surface area (TPSA) is 59.3 Å². The lowest BCUT2D eigenvalue weighted by molar-refractivity contribution is 0.0944. The van der Waals surface area contributed by atoms with Crippen LogP contribution in [0.5, 0.6) is 0 Å². The van der Waals surface area contributed by atoms with E-state index in [-0.39, 0.29) is 17.8 Å². The van der Waals surface area contributed by atoms with Crippen molar-refractivity contribution in [2.45, 2.75) is 40.2 Å². The summed E-state index contributed by atoms with van der Waals surface area (Å²) in [4.78, 5) is 16.9. The maximum atomic E-state index is 14.2. The van der Waals surface area contributed by atoms with Crippen LogP contribution in [0.15, 0.2) is 24.4 Å². The van der Waals surface area contributed by atoms with Gasteiger partial charge in [-0.1, -0.05) is 17.7 Å². The van der Waals surface area contributed by atoms with Crippen LogP contribution in [0.3, 0.4) is 0 Å². The highest BCUT2D eigenvalue weighted by atomic mass is 35.5. The molecule has 1 aromatic carbocycles. The number of fused-ring (bicyclic) bond motifs is 1. The summed E-state index contributed by atoms with van der Waals surface area (Å²) in [6.07, 6.45) is 1.81. The molecule has 1 N–H and O–H groups in total. The largest absolute Gasteiger partial charge is 0.350 e. The summed E-state index contributed by atoms with van der Waals surface area (Å²) in [6, 6.07) is 4.65. The first kappa shape index (κ1) is 18.3. The Labute approximate surface area is 156 Å². The molecule has 0 atom stereocenters. The molecule has 26 heavy (non-hydrogen) atoms. The van der Waals surface area contributed by atoms with Gasteiger partial charge in [-0.25, -0.2) is 13.9 Å². The second-order valence-electron chi connectivity index (χ2n) is 6.56. The number of benzene rings is 1. The number of carbonyl (C=O) groups is 1. The molecule has 136 valence electrons. The van der Waals surface area contributed by atoms with E-state index in [0.717, 1.165) is 11.3 Å². The third kappa shape index (κ3) is 3.29. The summed E-state index contributed by atoms with van der Waals surface area (Å²) in [6.45, 7) is 7.50. The van der Waals surface area contributed by atoms with Crippen molar-refractivity contribution in [3.63, 3.8) is 0 Å². The second-order valence-corrected chi connectivity index (χ2v) is 6.97. The first-order chi connectivity index (χ1) is 12.3.